The van der Waals surface area contributed by atoms with Crippen LogP contribution >= 0.6 is 0 Å². The van der Waals surface area contributed by atoms with Crippen LogP contribution in [0.4, 0.5) is 0 Å². The van der Waals surface area contributed by atoms with Crippen LogP contribution in [0, 0.1) is 17.8 Å². The van der Waals surface area contributed by atoms with Crippen molar-refractivity contribution in [2.45, 2.75) is 52.4 Å². The summed E-state index contributed by atoms with van der Waals surface area (Å²) in [6.45, 7) is 7.89. The van der Waals surface area contributed by atoms with E-state index in [2.05, 4.69) is 18.7 Å². The van der Waals surface area contributed by atoms with E-state index >= 15 is 0 Å². The van der Waals surface area contributed by atoms with Crippen molar-refractivity contribution < 1.29 is 9.53 Å². The minimum Gasteiger partial charge on any atom is -0.464 e. The van der Waals surface area contributed by atoms with E-state index in [4.69, 9.17) is 4.74 Å². The van der Waals surface area contributed by atoms with Crippen molar-refractivity contribution in [1.82, 2.24) is 4.90 Å². The average Bonchev–Trinajstić information content (AvgIpc) is 2.39. The van der Waals surface area contributed by atoms with E-state index in [-0.39, 0.29) is 5.97 Å². The fourth-order valence-electron chi connectivity index (χ4n) is 3.52. The van der Waals surface area contributed by atoms with Crippen molar-refractivity contribution in [3.05, 3.63) is 0 Å². The Morgan fingerprint density at radius 1 is 1.16 bits per heavy atom. The number of esters is 1. The molecule has 110 valence electrons. The molecule has 2 rings (SSSR count). The second-order valence-electron chi connectivity index (χ2n) is 6.68. The topological polar surface area (TPSA) is 29.5 Å². The Labute approximate surface area is 117 Å². The molecule has 1 aliphatic heterocycles. The number of likely N-dealkylation sites (tertiary alicyclic amines) is 1. The minimum absolute atomic E-state index is 0.0206. The van der Waals surface area contributed by atoms with E-state index in [1.54, 1.807) is 0 Å². The molecule has 0 aromatic carbocycles. The van der Waals surface area contributed by atoms with Gasteiger partial charge in [0.15, 0.2) is 0 Å². The van der Waals surface area contributed by atoms with Crippen LogP contribution in [0.5, 0.6) is 0 Å². The van der Waals surface area contributed by atoms with Crippen LogP contribution in [0.1, 0.15) is 52.4 Å². The van der Waals surface area contributed by atoms with Gasteiger partial charge in [-0.3, -0.25) is 9.69 Å². The number of carbonyl (C=O) groups is 1. The van der Waals surface area contributed by atoms with Crippen LogP contribution < -0.4 is 0 Å². The predicted octanol–water partition coefficient (Wildman–Crippen LogP) is 3.09. The Kier molecular flexibility index (Phi) is 5.68. The molecule has 0 amide bonds. The van der Waals surface area contributed by atoms with Gasteiger partial charge in [0.05, 0.1) is 13.2 Å². The summed E-state index contributed by atoms with van der Waals surface area (Å²) in [4.78, 5) is 14.1. The SMILES string of the molecule is C[C@@H]1CC[C@@H](COC(=O)CN2CCCCC2)[C@H](C)C1. The Morgan fingerprint density at radius 2 is 1.89 bits per heavy atom. The molecule has 0 aromatic rings. The zero-order valence-electron chi connectivity index (χ0n) is 12.6. The van der Waals surface area contributed by atoms with Gasteiger partial charge in [-0.2, -0.15) is 0 Å². The Balaban J connectivity index is 1.65. The molecule has 0 spiro atoms. The van der Waals surface area contributed by atoms with E-state index in [9.17, 15) is 4.79 Å². The maximum Gasteiger partial charge on any atom is 0.320 e. The van der Waals surface area contributed by atoms with Crippen LogP contribution in [0.15, 0.2) is 0 Å². The maximum atomic E-state index is 11.9. The maximum absolute atomic E-state index is 11.9. The highest BCUT2D eigenvalue weighted by molar-refractivity contribution is 5.71. The molecule has 1 saturated heterocycles. The van der Waals surface area contributed by atoms with Crippen molar-refractivity contribution in [1.29, 1.82) is 0 Å². The Morgan fingerprint density at radius 3 is 2.58 bits per heavy atom. The molecule has 3 heteroatoms. The molecule has 1 heterocycles. The lowest BCUT2D eigenvalue weighted by atomic mass is 9.76. The van der Waals surface area contributed by atoms with E-state index in [0.717, 1.165) is 19.0 Å². The fraction of sp³-hybridized carbons (Fsp3) is 0.938. The summed E-state index contributed by atoms with van der Waals surface area (Å²) in [6.07, 6.45) is 7.56. The molecule has 0 N–H and O–H groups in total. The number of hydrogen-bond donors (Lipinski definition) is 0. The van der Waals surface area contributed by atoms with Gasteiger partial charge in [-0.25, -0.2) is 0 Å². The summed E-state index contributed by atoms with van der Waals surface area (Å²) >= 11 is 0. The smallest absolute Gasteiger partial charge is 0.320 e. The Bertz CT molecular complexity index is 286. The lowest BCUT2D eigenvalue weighted by Gasteiger charge is -2.32. The molecule has 1 saturated carbocycles. The summed E-state index contributed by atoms with van der Waals surface area (Å²) in [5, 5.41) is 0. The van der Waals surface area contributed by atoms with Gasteiger partial charge in [0.1, 0.15) is 0 Å². The summed E-state index contributed by atoms with van der Waals surface area (Å²) in [5.74, 6) is 2.11. The van der Waals surface area contributed by atoms with Gasteiger partial charge in [0, 0.05) is 0 Å². The van der Waals surface area contributed by atoms with E-state index in [0.29, 0.717) is 25.0 Å². The van der Waals surface area contributed by atoms with Crippen LogP contribution in [0.25, 0.3) is 0 Å². The van der Waals surface area contributed by atoms with E-state index < -0.39 is 0 Å². The summed E-state index contributed by atoms with van der Waals surface area (Å²) in [6, 6.07) is 0. The lowest BCUT2D eigenvalue weighted by molar-refractivity contribution is -0.147. The summed E-state index contributed by atoms with van der Waals surface area (Å²) in [5.41, 5.74) is 0. The largest absolute Gasteiger partial charge is 0.464 e. The van der Waals surface area contributed by atoms with Gasteiger partial charge in [0.25, 0.3) is 0 Å². The number of rotatable bonds is 4. The molecule has 2 fully saturated rings. The monoisotopic (exact) mass is 267 g/mol. The number of carbonyl (C=O) groups excluding carboxylic acids is 1. The van der Waals surface area contributed by atoms with Gasteiger partial charge in [-0.15, -0.1) is 0 Å². The first-order valence-electron chi connectivity index (χ1n) is 8.03. The van der Waals surface area contributed by atoms with Crippen LogP contribution in [0.2, 0.25) is 0 Å². The van der Waals surface area contributed by atoms with Crippen LogP contribution in [0.3, 0.4) is 0 Å². The first kappa shape index (κ1) is 14.8. The second kappa shape index (κ2) is 7.28. The molecule has 3 atom stereocenters. The van der Waals surface area contributed by atoms with Crippen LogP contribution in [-0.2, 0) is 9.53 Å². The molecule has 0 bridgehead atoms. The van der Waals surface area contributed by atoms with Crippen LogP contribution in [-0.4, -0.2) is 37.1 Å². The van der Waals surface area contributed by atoms with Gasteiger partial charge < -0.3 is 4.74 Å². The third kappa shape index (κ3) is 4.79. The quantitative estimate of drug-likeness (QED) is 0.733. The van der Waals surface area contributed by atoms with Gasteiger partial charge in [-0.05, 0) is 56.5 Å². The number of nitrogens with zero attached hydrogens (tertiary/aromatic N) is 1. The standard InChI is InChI=1S/C16H29NO2/c1-13-6-7-15(14(2)10-13)12-19-16(18)11-17-8-4-3-5-9-17/h13-15H,3-12H2,1-2H3/t13-,14-,15+/m1/s1. The number of ether oxygens (including phenoxy) is 1. The second-order valence-corrected chi connectivity index (χ2v) is 6.68. The molecule has 0 radical (unpaired) electrons. The molecule has 0 unspecified atom stereocenters. The van der Waals surface area contributed by atoms with E-state index in [1.807, 2.05) is 0 Å². The number of hydrogen-bond acceptors (Lipinski definition) is 3. The van der Waals surface area contributed by atoms with E-state index in [1.165, 1.54) is 38.5 Å². The first-order valence-corrected chi connectivity index (χ1v) is 8.03. The molecular weight excluding hydrogens is 238 g/mol. The summed E-state index contributed by atoms with van der Waals surface area (Å²) < 4.78 is 5.51. The molecule has 19 heavy (non-hydrogen) atoms. The molecular formula is C16H29NO2. The summed E-state index contributed by atoms with van der Waals surface area (Å²) in [7, 11) is 0. The first-order chi connectivity index (χ1) is 9.15. The highest BCUT2D eigenvalue weighted by Crippen LogP contribution is 2.33. The Hall–Kier alpha value is -0.570. The van der Waals surface area contributed by atoms with Crippen molar-refractivity contribution >= 4 is 5.97 Å². The third-order valence-corrected chi connectivity index (χ3v) is 4.87. The van der Waals surface area contributed by atoms with Crippen molar-refractivity contribution in [2.24, 2.45) is 17.8 Å². The predicted molar refractivity (Wildman–Crippen MR) is 76.9 cm³/mol. The minimum atomic E-state index is -0.0206. The van der Waals surface area contributed by atoms with Gasteiger partial charge in [0.2, 0.25) is 0 Å². The van der Waals surface area contributed by atoms with Crippen molar-refractivity contribution in [2.75, 3.05) is 26.2 Å². The molecule has 1 aliphatic carbocycles. The van der Waals surface area contributed by atoms with Gasteiger partial charge in [-0.1, -0.05) is 26.7 Å². The lowest BCUT2D eigenvalue weighted by Crippen LogP contribution is -2.36. The average molecular weight is 267 g/mol. The van der Waals surface area contributed by atoms with Crippen molar-refractivity contribution in [3.63, 3.8) is 0 Å². The van der Waals surface area contributed by atoms with Crippen molar-refractivity contribution in [3.8, 4) is 0 Å². The molecule has 2 aliphatic rings. The normalized spacial score (nSPS) is 33.1. The zero-order valence-corrected chi connectivity index (χ0v) is 12.6. The highest BCUT2D eigenvalue weighted by atomic mass is 16.5. The molecule has 3 nitrogen and oxygen atoms in total. The third-order valence-electron chi connectivity index (χ3n) is 4.87. The highest BCUT2D eigenvalue weighted by Gasteiger charge is 2.26. The number of piperidine rings is 1. The fourth-order valence-corrected chi connectivity index (χ4v) is 3.52. The molecule has 0 aromatic heterocycles. The zero-order chi connectivity index (χ0) is 13.7. The van der Waals surface area contributed by atoms with Gasteiger partial charge >= 0.3 is 5.97 Å².